The van der Waals surface area contributed by atoms with Crippen LogP contribution >= 0.6 is 0 Å². The van der Waals surface area contributed by atoms with Gasteiger partial charge in [0, 0.05) is 6.54 Å². The summed E-state index contributed by atoms with van der Waals surface area (Å²) in [7, 11) is 0. The molecule has 1 atom stereocenters. The quantitative estimate of drug-likeness (QED) is 0.866. The molecule has 1 unspecified atom stereocenters. The van der Waals surface area contributed by atoms with Crippen LogP contribution in [0.3, 0.4) is 0 Å². The fraction of sp³-hybridized carbons (Fsp3) is 0.500. The van der Waals surface area contributed by atoms with Crippen LogP contribution < -0.4 is 5.32 Å². The molecule has 0 aliphatic carbocycles. The zero-order valence-corrected chi connectivity index (χ0v) is 11.0. The van der Waals surface area contributed by atoms with Gasteiger partial charge >= 0.3 is 0 Å². The summed E-state index contributed by atoms with van der Waals surface area (Å²) >= 11 is 0. The Bertz CT molecular complexity index is 410. The highest BCUT2D eigenvalue weighted by atomic mass is 19.1. The Balaban J connectivity index is 2.31. The minimum Gasteiger partial charge on any atom is -0.370 e. The van der Waals surface area contributed by atoms with Crippen molar-refractivity contribution >= 4 is 5.84 Å². The van der Waals surface area contributed by atoms with Crippen LogP contribution in [0.15, 0.2) is 29.3 Å². The molecule has 4 heteroatoms. The highest BCUT2D eigenvalue weighted by molar-refractivity contribution is 5.89. The third kappa shape index (κ3) is 2.70. The number of nitrogens with one attached hydrogen (secondary N) is 1. The van der Waals surface area contributed by atoms with E-state index in [9.17, 15) is 4.39 Å². The summed E-state index contributed by atoms with van der Waals surface area (Å²) in [6.07, 6.45) is 0. The molecular formula is C14H20FN3. The Morgan fingerprint density at radius 3 is 2.44 bits per heavy atom. The normalized spacial score (nSPS) is 16.6. The van der Waals surface area contributed by atoms with Gasteiger partial charge in [-0.3, -0.25) is 9.89 Å². The molecule has 98 valence electrons. The largest absolute Gasteiger partial charge is 0.370 e. The van der Waals surface area contributed by atoms with Crippen molar-refractivity contribution in [1.29, 1.82) is 0 Å². The van der Waals surface area contributed by atoms with E-state index in [1.54, 1.807) is 0 Å². The average Bonchev–Trinajstić information content (AvgIpc) is 2.91. The summed E-state index contributed by atoms with van der Waals surface area (Å²) < 4.78 is 13.0. The summed E-state index contributed by atoms with van der Waals surface area (Å²) in [6, 6.07) is 6.84. The number of nitrogens with zero attached hydrogens (tertiary/aromatic N) is 2. The highest BCUT2D eigenvalue weighted by Gasteiger charge is 2.25. The van der Waals surface area contributed by atoms with Gasteiger partial charge in [0.2, 0.25) is 0 Å². The molecule has 0 radical (unpaired) electrons. The minimum atomic E-state index is -0.196. The summed E-state index contributed by atoms with van der Waals surface area (Å²) in [5, 5.41) is 3.33. The lowest BCUT2D eigenvalue weighted by Gasteiger charge is -2.30. The molecule has 3 nitrogen and oxygen atoms in total. The van der Waals surface area contributed by atoms with E-state index in [1.807, 2.05) is 12.1 Å². The molecule has 0 fully saturated rings. The first kappa shape index (κ1) is 13.0. The Hall–Kier alpha value is -1.42. The molecule has 1 heterocycles. The SMILES string of the molecule is CCN(CC)C(C1=NCCN1)c1ccc(F)cc1. The van der Waals surface area contributed by atoms with Crippen molar-refractivity contribution in [1.82, 2.24) is 10.2 Å². The van der Waals surface area contributed by atoms with Gasteiger partial charge in [0.1, 0.15) is 11.7 Å². The van der Waals surface area contributed by atoms with Gasteiger partial charge in [0.05, 0.1) is 12.6 Å². The molecule has 18 heavy (non-hydrogen) atoms. The van der Waals surface area contributed by atoms with E-state index in [2.05, 4.69) is 29.1 Å². The van der Waals surface area contributed by atoms with Gasteiger partial charge in [-0.2, -0.15) is 0 Å². The van der Waals surface area contributed by atoms with Crippen LogP contribution in [0.4, 0.5) is 4.39 Å². The van der Waals surface area contributed by atoms with Crippen molar-refractivity contribution in [3.05, 3.63) is 35.6 Å². The summed E-state index contributed by atoms with van der Waals surface area (Å²) in [5.74, 6) is 0.809. The number of amidine groups is 1. The van der Waals surface area contributed by atoms with Gasteiger partial charge in [-0.1, -0.05) is 26.0 Å². The molecule has 0 saturated carbocycles. The Morgan fingerprint density at radius 2 is 1.94 bits per heavy atom. The van der Waals surface area contributed by atoms with Crippen LogP contribution in [0.5, 0.6) is 0 Å². The van der Waals surface area contributed by atoms with E-state index in [-0.39, 0.29) is 11.9 Å². The van der Waals surface area contributed by atoms with Crippen LogP contribution in [0.1, 0.15) is 25.5 Å². The third-order valence-corrected chi connectivity index (χ3v) is 3.32. The maximum atomic E-state index is 13.0. The molecule has 1 aromatic carbocycles. The van der Waals surface area contributed by atoms with Crippen molar-refractivity contribution in [2.75, 3.05) is 26.2 Å². The molecule has 1 aliphatic heterocycles. The summed E-state index contributed by atoms with van der Waals surface area (Å²) in [5.41, 5.74) is 1.09. The van der Waals surface area contributed by atoms with Crippen LogP contribution in [0.2, 0.25) is 0 Å². The Labute approximate surface area is 108 Å². The summed E-state index contributed by atoms with van der Waals surface area (Å²) in [4.78, 5) is 6.85. The molecular weight excluding hydrogens is 229 g/mol. The van der Waals surface area contributed by atoms with E-state index in [4.69, 9.17) is 0 Å². The zero-order chi connectivity index (χ0) is 13.0. The molecule has 0 amide bonds. The van der Waals surface area contributed by atoms with Crippen molar-refractivity contribution < 1.29 is 4.39 Å². The summed E-state index contributed by atoms with van der Waals surface area (Å²) in [6.45, 7) is 7.88. The molecule has 0 aromatic heterocycles. The zero-order valence-electron chi connectivity index (χ0n) is 11.0. The second-order valence-electron chi connectivity index (χ2n) is 4.37. The average molecular weight is 249 g/mol. The maximum absolute atomic E-state index is 13.0. The van der Waals surface area contributed by atoms with Gasteiger partial charge < -0.3 is 5.32 Å². The van der Waals surface area contributed by atoms with Crippen molar-refractivity contribution in [2.45, 2.75) is 19.9 Å². The van der Waals surface area contributed by atoms with Gasteiger partial charge in [-0.05, 0) is 30.8 Å². The highest BCUT2D eigenvalue weighted by Crippen LogP contribution is 2.23. The lowest BCUT2D eigenvalue weighted by Crippen LogP contribution is -2.38. The molecule has 0 bridgehead atoms. The van der Waals surface area contributed by atoms with Gasteiger partial charge in [0.15, 0.2) is 0 Å². The van der Waals surface area contributed by atoms with Gasteiger partial charge in [0.25, 0.3) is 0 Å². The standard InChI is InChI=1S/C14H20FN3/c1-3-18(4-2)13(14-16-9-10-17-14)11-5-7-12(15)8-6-11/h5-8,13H,3-4,9-10H2,1-2H3,(H,16,17). The second kappa shape index (κ2) is 5.96. The lowest BCUT2D eigenvalue weighted by molar-refractivity contribution is 0.268. The van der Waals surface area contributed by atoms with Gasteiger partial charge in [-0.15, -0.1) is 0 Å². The smallest absolute Gasteiger partial charge is 0.123 e. The molecule has 0 spiro atoms. The van der Waals surface area contributed by atoms with Crippen LogP contribution in [0.25, 0.3) is 0 Å². The topological polar surface area (TPSA) is 27.6 Å². The number of aliphatic imine (C=N–C) groups is 1. The fourth-order valence-corrected chi connectivity index (χ4v) is 2.37. The van der Waals surface area contributed by atoms with Crippen molar-refractivity contribution in [2.24, 2.45) is 4.99 Å². The third-order valence-electron chi connectivity index (χ3n) is 3.32. The monoisotopic (exact) mass is 249 g/mol. The van der Waals surface area contributed by atoms with Crippen LogP contribution in [-0.2, 0) is 0 Å². The fourth-order valence-electron chi connectivity index (χ4n) is 2.37. The number of halogens is 1. The van der Waals surface area contributed by atoms with Crippen molar-refractivity contribution in [3.63, 3.8) is 0 Å². The number of rotatable bonds is 5. The number of hydrogen-bond donors (Lipinski definition) is 1. The van der Waals surface area contributed by atoms with E-state index in [1.165, 1.54) is 12.1 Å². The Kier molecular flexibility index (Phi) is 4.31. The van der Waals surface area contributed by atoms with Crippen LogP contribution in [-0.4, -0.2) is 36.9 Å². The van der Waals surface area contributed by atoms with Crippen molar-refractivity contribution in [3.8, 4) is 0 Å². The number of hydrogen-bond acceptors (Lipinski definition) is 3. The second-order valence-corrected chi connectivity index (χ2v) is 4.37. The predicted octanol–water partition coefficient (Wildman–Crippen LogP) is 2.21. The molecule has 1 aliphatic rings. The van der Waals surface area contributed by atoms with E-state index in [0.717, 1.165) is 37.6 Å². The molecule has 2 rings (SSSR count). The van der Waals surface area contributed by atoms with Crippen LogP contribution in [0, 0.1) is 5.82 Å². The van der Waals surface area contributed by atoms with E-state index in [0.29, 0.717) is 0 Å². The maximum Gasteiger partial charge on any atom is 0.123 e. The molecule has 1 aromatic rings. The first-order chi connectivity index (χ1) is 8.76. The lowest BCUT2D eigenvalue weighted by atomic mass is 10.0. The first-order valence-electron chi connectivity index (χ1n) is 6.54. The van der Waals surface area contributed by atoms with E-state index >= 15 is 0 Å². The number of likely N-dealkylation sites (N-methyl/N-ethyl adjacent to an activating group) is 1. The minimum absolute atomic E-state index is 0.114. The number of benzene rings is 1. The Morgan fingerprint density at radius 1 is 1.28 bits per heavy atom. The predicted molar refractivity (Wildman–Crippen MR) is 72.4 cm³/mol. The molecule has 0 saturated heterocycles. The first-order valence-corrected chi connectivity index (χ1v) is 6.54. The van der Waals surface area contributed by atoms with E-state index < -0.39 is 0 Å². The molecule has 1 N–H and O–H groups in total. The van der Waals surface area contributed by atoms with Gasteiger partial charge in [-0.25, -0.2) is 4.39 Å².